The zero-order valence-corrected chi connectivity index (χ0v) is 14.3. The number of benzene rings is 1. The minimum Gasteiger partial charge on any atom is -0.744 e. The van der Waals surface area contributed by atoms with Gasteiger partial charge >= 0.3 is 0 Å². The van der Waals surface area contributed by atoms with Crippen LogP contribution in [0.4, 0.5) is 11.4 Å². The van der Waals surface area contributed by atoms with Gasteiger partial charge in [0.15, 0.2) is 0 Å². The summed E-state index contributed by atoms with van der Waals surface area (Å²) in [5.74, 6) is 0. The molecule has 0 bridgehead atoms. The van der Waals surface area contributed by atoms with Gasteiger partial charge in [-0.2, -0.15) is 0 Å². The second kappa shape index (κ2) is 6.82. The van der Waals surface area contributed by atoms with Crippen molar-refractivity contribution in [1.29, 1.82) is 0 Å². The van der Waals surface area contributed by atoms with E-state index in [0.717, 1.165) is 6.26 Å². The molecule has 0 saturated carbocycles. The lowest BCUT2D eigenvalue weighted by atomic mass is 10.1. The maximum absolute atomic E-state index is 11.5. The highest BCUT2D eigenvalue weighted by molar-refractivity contribution is 7.88. The fraction of sp³-hybridized carbons (Fsp3) is 0.500. The van der Waals surface area contributed by atoms with Crippen LogP contribution < -0.4 is 15.4 Å². The molecular formula is C12H20N3O5S2-. The Bertz CT molecular complexity index is 744. The predicted octanol–water partition coefficient (Wildman–Crippen LogP) is -0.143. The van der Waals surface area contributed by atoms with Crippen LogP contribution >= 0.6 is 0 Å². The van der Waals surface area contributed by atoms with Crippen molar-refractivity contribution in [2.45, 2.75) is 18.7 Å². The molecule has 0 saturated heterocycles. The molecule has 0 aliphatic rings. The molecule has 1 aromatic rings. The molecule has 22 heavy (non-hydrogen) atoms. The third kappa shape index (κ3) is 4.83. The van der Waals surface area contributed by atoms with Crippen LogP contribution in [-0.2, 0) is 20.1 Å². The van der Waals surface area contributed by atoms with Crippen molar-refractivity contribution in [1.82, 2.24) is 4.72 Å². The van der Waals surface area contributed by atoms with Crippen LogP contribution in [0.1, 0.15) is 12.5 Å². The summed E-state index contributed by atoms with van der Waals surface area (Å²) in [6.07, 6.45) is 1.03. The van der Waals surface area contributed by atoms with Gasteiger partial charge in [0, 0.05) is 25.3 Å². The van der Waals surface area contributed by atoms with Crippen molar-refractivity contribution in [3.05, 3.63) is 17.7 Å². The molecule has 0 atom stereocenters. The van der Waals surface area contributed by atoms with E-state index in [-0.39, 0.29) is 34.9 Å². The molecule has 0 aliphatic carbocycles. The van der Waals surface area contributed by atoms with Crippen LogP contribution in [0.3, 0.4) is 0 Å². The molecule has 126 valence electrons. The van der Waals surface area contributed by atoms with Gasteiger partial charge in [-0.1, -0.05) is 0 Å². The van der Waals surface area contributed by atoms with Crippen LogP contribution in [0.2, 0.25) is 0 Å². The highest BCUT2D eigenvalue weighted by atomic mass is 32.2. The normalized spacial score (nSPS) is 12.4. The quantitative estimate of drug-likeness (QED) is 0.516. The first-order valence-corrected chi connectivity index (χ1v) is 9.82. The van der Waals surface area contributed by atoms with Crippen LogP contribution in [0.15, 0.2) is 17.0 Å². The number of nitrogens with two attached hydrogens (primary N) is 1. The largest absolute Gasteiger partial charge is 0.744 e. The number of anilines is 2. The van der Waals surface area contributed by atoms with Crippen LogP contribution in [-0.4, -0.2) is 47.3 Å². The van der Waals surface area contributed by atoms with E-state index in [9.17, 15) is 21.4 Å². The van der Waals surface area contributed by atoms with Crippen LogP contribution in [0.25, 0.3) is 0 Å². The number of nitrogens with one attached hydrogen (secondary N) is 1. The molecule has 0 radical (unpaired) electrons. The monoisotopic (exact) mass is 350 g/mol. The van der Waals surface area contributed by atoms with Crippen molar-refractivity contribution >= 4 is 31.5 Å². The van der Waals surface area contributed by atoms with E-state index in [4.69, 9.17) is 5.73 Å². The Morgan fingerprint density at radius 3 is 2.32 bits per heavy atom. The molecule has 1 rings (SSSR count). The van der Waals surface area contributed by atoms with Gasteiger partial charge in [0.05, 0.1) is 16.8 Å². The molecule has 0 fully saturated rings. The summed E-state index contributed by atoms with van der Waals surface area (Å²) in [7, 11) is -8.05. The van der Waals surface area contributed by atoms with E-state index in [2.05, 4.69) is 4.72 Å². The van der Waals surface area contributed by atoms with Crippen molar-refractivity contribution in [3.63, 3.8) is 0 Å². The lowest BCUT2D eigenvalue weighted by Gasteiger charge is -2.28. The molecule has 0 heterocycles. The number of nitrogens with zero attached hydrogens (tertiary/aromatic N) is 1. The van der Waals surface area contributed by atoms with Crippen LogP contribution in [0.5, 0.6) is 0 Å². The fourth-order valence-corrected chi connectivity index (χ4v) is 3.48. The Balaban J connectivity index is 3.20. The zero-order chi connectivity index (χ0) is 17.1. The van der Waals surface area contributed by atoms with Gasteiger partial charge in [-0.3, -0.25) is 0 Å². The van der Waals surface area contributed by atoms with Crippen molar-refractivity contribution < 1.29 is 21.4 Å². The average molecular weight is 350 g/mol. The first-order chi connectivity index (χ1) is 9.97. The Hall–Kier alpha value is -1.36. The van der Waals surface area contributed by atoms with E-state index in [1.54, 1.807) is 11.8 Å². The first kappa shape index (κ1) is 18.7. The predicted molar refractivity (Wildman–Crippen MR) is 84.3 cm³/mol. The number of hydrogen-bond acceptors (Lipinski definition) is 7. The maximum atomic E-state index is 11.5. The summed E-state index contributed by atoms with van der Waals surface area (Å²) < 4.78 is 59.1. The number of likely N-dealkylation sites (N-methyl/N-ethyl adjacent to an activating group) is 1. The van der Waals surface area contributed by atoms with Gasteiger partial charge < -0.3 is 15.2 Å². The first-order valence-electron chi connectivity index (χ1n) is 6.52. The van der Waals surface area contributed by atoms with E-state index in [1.807, 2.05) is 0 Å². The second-order valence-electron chi connectivity index (χ2n) is 4.83. The molecule has 0 amide bonds. The molecule has 1 aromatic carbocycles. The molecular weight excluding hydrogens is 330 g/mol. The zero-order valence-electron chi connectivity index (χ0n) is 12.7. The topological polar surface area (TPSA) is 133 Å². The molecule has 0 aliphatic heterocycles. The lowest BCUT2D eigenvalue weighted by molar-refractivity contribution is 0.462. The minimum atomic E-state index is -4.71. The van der Waals surface area contributed by atoms with Gasteiger partial charge in [0.2, 0.25) is 10.0 Å². The minimum absolute atomic E-state index is 0.0917. The van der Waals surface area contributed by atoms with Crippen molar-refractivity contribution in [2.75, 3.05) is 36.5 Å². The number of hydrogen-bond donors (Lipinski definition) is 2. The summed E-state index contributed by atoms with van der Waals surface area (Å²) in [5, 5.41) is 0. The van der Waals surface area contributed by atoms with Gasteiger partial charge in [-0.15, -0.1) is 0 Å². The van der Waals surface area contributed by atoms with Crippen molar-refractivity contribution in [2.24, 2.45) is 0 Å². The Morgan fingerprint density at radius 1 is 1.27 bits per heavy atom. The number of rotatable bonds is 7. The van der Waals surface area contributed by atoms with Crippen molar-refractivity contribution in [3.8, 4) is 0 Å². The number of nitrogen functional groups attached to an aromatic ring is 1. The molecule has 0 aromatic heterocycles. The second-order valence-corrected chi connectivity index (χ2v) is 7.98. The highest BCUT2D eigenvalue weighted by Crippen LogP contribution is 2.31. The SMILES string of the molecule is CCN(CCNS(C)(=O)=O)c1ccc(N)c(C)c1S(=O)(=O)[O-]. The standard InChI is InChI=1S/C12H21N3O5S2/c1-4-15(8-7-14-21(3,16)17)11-6-5-10(13)9(2)12(11)22(18,19)20/h5-6,14H,4,7-8,13H2,1-3H3,(H,18,19,20)/p-1. The molecule has 0 unspecified atom stereocenters. The number of sulfonamides is 1. The van der Waals surface area contributed by atoms with Crippen LogP contribution in [0, 0.1) is 6.92 Å². The molecule has 10 heteroatoms. The molecule has 8 nitrogen and oxygen atoms in total. The van der Waals surface area contributed by atoms with Gasteiger partial charge in [-0.05, 0) is 31.5 Å². The maximum Gasteiger partial charge on any atom is 0.208 e. The third-order valence-corrected chi connectivity index (χ3v) is 4.89. The van der Waals surface area contributed by atoms with Gasteiger partial charge in [0.1, 0.15) is 10.1 Å². The average Bonchev–Trinajstić information content (AvgIpc) is 2.35. The Morgan fingerprint density at radius 2 is 1.86 bits per heavy atom. The highest BCUT2D eigenvalue weighted by Gasteiger charge is 2.18. The van der Waals surface area contributed by atoms with E-state index in [1.165, 1.54) is 19.1 Å². The smallest absolute Gasteiger partial charge is 0.208 e. The van der Waals surface area contributed by atoms with E-state index in [0.29, 0.717) is 6.54 Å². The summed E-state index contributed by atoms with van der Waals surface area (Å²) >= 11 is 0. The summed E-state index contributed by atoms with van der Waals surface area (Å²) in [6, 6.07) is 2.98. The van der Waals surface area contributed by atoms with E-state index < -0.39 is 20.1 Å². The van der Waals surface area contributed by atoms with Gasteiger partial charge in [0.25, 0.3) is 0 Å². The summed E-state index contributed by atoms with van der Waals surface area (Å²) in [4.78, 5) is 1.24. The third-order valence-electron chi connectivity index (χ3n) is 3.15. The van der Waals surface area contributed by atoms with Gasteiger partial charge in [-0.25, -0.2) is 21.6 Å². The molecule has 3 N–H and O–H groups in total. The lowest BCUT2D eigenvalue weighted by Crippen LogP contribution is -2.35. The Kier molecular flexibility index (Phi) is 5.79. The summed E-state index contributed by atoms with van der Waals surface area (Å²) in [5.41, 5.74) is 6.30. The summed E-state index contributed by atoms with van der Waals surface area (Å²) in [6.45, 7) is 3.95. The Labute approximate surface area is 131 Å². The molecule has 0 spiro atoms. The fourth-order valence-electron chi connectivity index (χ4n) is 2.07. The van der Waals surface area contributed by atoms with E-state index >= 15 is 0 Å².